The Morgan fingerprint density at radius 2 is 1.75 bits per heavy atom. The molecule has 0 saturated carbocycles. The van der Waals surface area contributed by atoms with Crippen LogP contribution >= 0.6 is 0 Å². The van der Waals surface area contributed by atoms with E-state index in [1.165, 1.54) is 5.56 Å². The molecule has 84 valence electrons. The van der Waals surface area contributed by atoms with Gasteiger partial charge in [-0.3, -0.25) is 0 Å². The van der Waals surface area contributed by atoms with Crippen molar-refractivity contribution >= 4 is 0 Å². The van der Waals surface area contributed by atoms with Crippen LogP contribution in [0.4, 0.5) is 0 Å². The second-order valence-corrected chi connectivity index (χ2v) is 4.57. The molecule has 2 rings (SSSR count). The molecule has 16 heavy (non-hydrogen) atoms. The third-order valence-electron chi connectivity index (χ3n) is 3.14. The molecule has 0 aromatic heterocycles. The number of hydrogen-bond acceptors (Lipinski definition) is 2. The monoisotopic (exact) mass is 214 g/mol. The van der Waals surface area contributed by atoms with Crippen LogP contribution in [0, 0.1) is 6.92 Å². The first kappa shape index (κ1) is 11.1. The molecular formula is C14H18N2. The highest BCUT2D eigenvalue weighted by Crippen LogP contribution is 2.28. The van der Waals surface area contributed by atoms with Crippen molar-refractivity contribution < 1.29 is 0 Å². The maximum Gasteiger partial charge on any atom is 0.0791 e. The molecule has 0 amide bonds. The third-order valence-corrected chi connectivity index (χ3v) is 3.14. The highest BCUT2D eigenvalue weighted by Gasteiger charge is 2.32. The molecule has 0 spiro atoms. The molecule has 0 radical (unpaired) electrons. The molecule has 0 saturated heterocycles. The minimum Gasteiger partial charge on any atom is -0.322 e. The normalized spacial score (nSPS) is 29.0. The highest BCUT2D eigenvalue weighted by atomic mass is 14.8. The molecule has 0 fully saturated rings. The van der Waals surface area contributed by atoms with E-state index < -0.39 is 5.54 Å². The summed E-state index contributed by atoms with van der Waals surface area (Å²) in [6, 6.07) is 8.07. The Labute approximate surface area is 96.6 Å². The average molecular weight is 214 g/mol. The maximum atomic E-state index is 6.41. The van der Waals surface area contributed by atoms with Crippen LogP contribution in [-0.2, 0) is 5.54 Å². The third kappa shape index (κ3) is 1.82. The van der Waals surface area contributed by atoms with Gasteiger partial charge in [-0.25, -0.2) is 0 Å². The van der Waals surface area contributed by atoms with Crippen molar-refractivity contribution in [1.82, 2.24) is 0 Å². The number of aryl methyl sites for hydroxylation is 1. The molecule has 0 bridgehead atoms. The quantitative estimate of drug-likeness (QED) is 0.751. The van der Waals surface area contributed by atoms with Gasteiger partial charge >= 0.3 is 0 Å². The fourth-order valence-electron chi connectivity index (χ4n) is 2.05. The molecule has 2 nitrogen and oxygen atoms in total. The van der Waals surface area contributed by atoms with Gasteiger partial charge in [-0.05, 0) is 19.4 Å². The van der Waals surface area contributed by atoms with E-state index in [9.17, 15) is 0 Å². The standard InChI is InChI=1S/C14H18N2/c1-10-3-6-12(7-4-10)14(16)9-11(2)5-8-13(14)15/h3-9,13H,15-16H2,1-2H3. The smallest absolute Gasteiger partial charge is 0.0791 e. The summed E-state index contributed by atoms with van der Waals surface area (Å²) in [6.45, 7) is 4.10. The lowest BCUT2D eigenvalue weighted by Gasteiger charge is -2.34. The van der Waals surface area contributed by atoms with Crippen molar-refractivity contribution in [3.63, 3.8) is 0 Å². The molecule has 1 aromatic carbocycles. The minimum atomic E-state index is -0.577. The summed E-state index contributed by atoms with van der Waals surface area (Å²) < 4.78 is 0. The van der Waals surface area contributed by atoms with E-state index in [2.05, 4.69) is 31.2 Å². The summed E-state index contributed by atoms with van der Waals surface area (Å²) in [4.78, 5) is 0. The molecule has 2 atom stereocenters. The van der Waals surface area contributed by atoms with Crippen molar-refractivity contribution in [2.24, 2.45) is 11.5 Å². The minimum absolute atomic E-state index is 0.168. The lowest BCUT2D eigenvalue weighted by Crippen LogP contribution is -2.51. The Bertz CT molecular complexity index is 442. The van der Waals surface area contributed by atoms with Gasteiger partial charge in [-0.2, -0.15) is 0 Å². The number of nitrogens with two attached hydrogens (primary N) is 2. The first-order chi connectivity index (χ1) is 7.52. The largest absolute Gasteiger partial charge is 0.322 e. The Kier molecular flexibility index (Phi) is 2.70. The van der Waals surface area contributed by atoms with Crippen LogP contribution in [0.1, 0.15) is 18.1 Å². The van der Waals surface area contributed by atoms with Gasteiger partial charge in [0.2, 0.25) is 0 Å². The zero-order chi connectivity index (χ0) is 11.8. The maximum absolute atomic E-state index is 6.41. The predicted molar refractivity (Wildman–Crippen MR) is 67.9 cm³/mol. The van der Waals surface area contributed by atoms with E-state index in [-0.39, 0.29) is 6.04 Å². The highest BCUT2D eigenvalue weighted by molar-refractivity contribution is 5.41. The molecule has 2 unspecified atom stereocenters. The fourth-order valence-corrected chi connectivity index (χ4v) is 2.05. The molecule has 0 aliphatic heterocycles. The van der Waals surface area contributed by atoms with Crippen molar-refractivity contribution in [2.75, 3.05) is 0 Å². The second kappa shape index (κ2) is 3.89. The fraction of sp³-hybridized carbons (Fsp3) is 0.286. The van der Waals surface area contributed by atoms with Gasteiger partial charge in [0.15, 0.2) is 0 Å². The van der Waals surface area contributed by atoms with Crippen LogP contribution in [0.25, 0.3) is 0 Å². The zero-order valence-corrected chi connectivity index (χ0v) is 9.77. The summed E-state index contributed by atoms with van der Waals surface area (Å²) >= 11 is 0. The van der Waals surface area contributed by atoms with Gasteiger partial charge < -0.3 is 11.5 Å². The van der Waals surface area contributed by atoms with E-state index in [1.54, 1.807) is 0 Å². The molecule has 1 aliphatic rings. The first-order valence-electron chi connectivity index (χ1n) is 5.51. The topological polar surface area (TPSA) is 52.0 Å². The number of rotatable bonds is 1. The van der Waals surface area contributed by atoms with Gasteiger partial charge in [0.1, 0.15) is 0 Å². The molecular weight excluding hydrogens is 196 g/mol. The van der Waals surface area contributed by atoms with Crippen molar-refractivity contribution in [3.8, 4) is 0 Å². The molecule has 1 aromatic rings. The summed E-state index contributed by atoms with van der Waals surface area (Å²) in [6.07, 6.45) is 6.03. The Morgan fingerprint density at radius 3 is 2.38 bits per heavy atom. The predicted octanol–water partition coefficient (Wildman–Crippen LogP) is 1.99. The van der Waals surface area contributed by atoms with Crippen molar-refractivity contribution in [1.29, 1.82) is 0 Å². The zero-order valence-electron chi connectivity index (χ0n) is 9.77. The van der Waals surface area contributed by atoms with Crippen molar-refractivity contribution in [3.05, 3.63) is 59.2 Å². The van der Waals surface area contributed by atoms with Crippen LogP contribution in [0.5, 0.6) is 0 Å². The van der Waals surface area contributed by atoms with E-state index in [0.29, 0.717) is 0 Å². The van der Waals surface area contributed by atoms with Gasteiger partial charge in [0.05, 0.1) is 5.54 Å². The number of hydrogen-bond donors (Lipinski definition) is 2. The Balaban J connectivity index is 2.45. The Morgan fingerprint density at radius 1 is 1.12 bits per heavy atom. The average Bonchev–Trinajstić information content (AvgIpc) is 2.25. The summed E-state index contributed by atoms with van der Waals surface area (Å²) in [5.41, 5.74) is 15.4. The van der Waals surface area contributed by atoms with E-state index in [4.69, 9.17) is 11.5 Å². The number of allylic oxidation sites excluding steroid dienone is 2. The van der Waals surface area contributed by atoms with Crippen LogP contribution in [0.3, 0.4) is 0 Å². The van der Waals surface area contributed by atoms with Crippen LogP contribution in [-0.4, -0.2) is 6.04 Å². The Hall–Kier alpha value is -1.38. The lowest BCUT2D eigenvalue weighted by molar-refractivity contribution is 0.489. The summed E-state index contributed by atoms with van der Waals surface area (Å²) in [7, 11) is 0. The molecule has 1 aliphatic carbocycles. The van der Waals surface area contributed by atoms with E-state index in [0.717, 1.165) is 11.1 Å². The molecule has 2 heteroatoms. The van der Waals surface area contributed by atoms with Gasteiger partial charge in [0.25, 0.3) is 0 Å². The van der Waals surface area contributed by atoms with Crippen molar-refractivity contribution in [2.45, 2.75) is 25.4 Å². The van der Waals surface area contributed by atoms with Crippen LogP contribution < -0.4 is 11.5 Å². The number of benzene rings is 1. The first-order valence-corrected chi connectivity index (χ1v) is 5.51. The molecule has 4 N–H and O–H groups in total. The van der Waals surface area contributed by atoms with E-state index in [1.807, 2.05) is 25.2 Å². The van der Waals surface area contributed by atoms with Gasteiger partial charge in [0, 0.05) is 6.04 Å². The second-order valence-electron chi connectivity index (χ2n) is 4.57. The van der Waals surface area contributed by atoms with Crippen LogP contribution in [0.15, 0.2) is 48.1 Å². The summed E-state index contributed by atoms with van der Waals surface area (Å²) in [5.74, 6) is 0. The summed E-state index contributed by atoms with van der Waals surface area (Å²) in [5, 5.41) is 0. The van der Waals surface area contributed by atoms with E-state index >= 15 is 0 Å². The van der Waals surface area contributed by atoms with Gasteiger partial charge in [-0.1, -0.05) is 53.6 Å². The van der Waals surface area contributed by atoms with Gasteiger partial charge in [-0.15, -0.1) is 0 Å². The molecule has 0 heterocycles. The lowest BCUT2D eigenvalue weighted by atomic mass is 9.79. The SMILES string of the molecule is CC1=CC(N)(c2ccc(C)cc2)C(N)C=C1. The van der Waals surface area contributed by atoms with Crippen LogP contribution in [0.2, 0.25) is 0 Å².